The zero-order valence-electron chi connectivity index (χ0n) is 10.9. The molecule has 0 aromatic carbocycles. The molecule has 9 nitrogen and oxygen atoms in total. The summed E-state index contributed by atoms with van der Waals surface area (Å²) in [5.74, 6) is -0.884. The fourth-order valence-electron chi connectivity index (χ4n) is 1.27. The molecule has 1 amide bonds. The maximum absolute atomic E-state index is 11.5. The standard InChI is InChI=1S/C10H19Cl2NO8/c11-9(12)10(20)13(1-2-14)21-4-6(17)8(19)7(18)5(16)3-15/h5-9,14-19H,1-4H2/t5-,6+,7-,8-/m1/s1. The Balaban J connectivity index is 4.48. The summed E-state index contributed by atoms with van der Waals surface area (Å²) in [5.41, 5.74) is 0. The normalized spacial score (nSPS) is 17.4. The fraction of sp³-hybridized carbons (Fsp3) is 0.900. The Labute approximate surface area is 130 Å². The van der Waals surface area contributed by atoms with E-state index in [1.54, 1.807) is 0 Å². The van der Waals surface area contributed by atoms with Crippen molar-refractivity contribution >= 4 is 29.1 Å². The van der Waals surface area contributed by atoms with Crippen molar-refractivity contribution in [1.29, 1.82) is 0 Å². The molecule has 21 heavy (non-hydrogen) atoms. The highest BCUT2D eigenvalue weighted by Crippen LogP contribution is 2.10. The van der Waals surface area contributed by atoms with E-state index >= 15 is 0 Å². The Hall–Kier alpha value is -0.230. The number of aliphatic hydroxyl groups excluding tert-OH is 6. The van der Waals surface area contributed by atoms with Gasteiger partial charge in [0.2, 0.25) is 0 Å². The van der Waals surface area contributed by atoms with Crippen LogP contribution in [0.4, 0.5) is 0 Å². The van der Waals surface area contributed by atoms with Crippen molar-refractivity contribution in [2.45, 2.75) is 29.3 Å². The summed E-state index contributed by atoms with van der Waals surface area (Å²) in [4.78, 5) is 14.9. The molecule has 0 saturated carbocycles. The van der Waals surface area contributed by atoms with Crippen molar-refractivity contribution in [3.05, 3.63) is 0 Å². The summed E-state index contributed by atoms with van der Waals surface area (Å²) < 4.78 is 0. The second-order valence-electron chi connectivity index (χ2n) is 4.06. The molecule has 0 aliphatic heterocycles. The first-order valence-electron chi connectivity index (χ1n) is 5.92. The molecule has 0 aliphatic carbocycles. The largest absolute Gasteiger partial charge is 0.394 e. The van der Waals surface area contributed by atoms with Crippen molar-refractivity contribution < 1.29 is 40.3 Å². The van der Waals surface area contributed by atoms with Gasteiger partial charge in [-0.2, -0.15) is 0 Å². The quantitative estimate of drug-likeness (QED) is 0.180. The molecule has 0 aromatic rings. The average Bonchev–Trinajstić information content (AvgIpc) is 2.47. The highest BCUT2D eigenvalue weighted by molar-refractivity contribution is 6.53. The van der Waals surface area contributed by atoms with Crippen molar-refractivity contribution in [2.24, 2.45) is 0 Å². The second kappa shape index (κ2) is 10.5. The number of rotatable bonds is 10. The highest BCUT2D eigenvalue weighted by atomic mass is 35.5. The van der Waals surface area contributed by atoms with Gasteiger partial charge >= 0.3 is 0 Å². The van der Waals surface area contributed by atoms with Crippen molar-refractivity contribution in [3.8, 4) is 0 Å². The zero-order chi connectivity index (χ0) is 16.6. The lowest BCUT2D eigenvalue weighted by atomic mass is 10.0. The van der Waals surface area contributed by atoms with E-state index in [0.717, 1.165) is 0 Å². The first-order valence-corrected chi connectivity index (χ1v) is 6.79. The van der Waals surface area contributed by atoms with Gasteiger partial charge in [0.15, 0.2) is 4.84 Å². The van der Waals surface area contributed by atoms with Crippen molar-refractivity contribution in [1.82, 2.24) is 5.06 Å². The van der Waals surface area contributed by atoms with Gasteiger partial charge in [-0.15, -0.1) is 0 Å². The Morgan fingerprint density at radius 3 is 2.00 bits per heavy atom. The summed E-state index contributed by atoms with van der Waals surface area (Å²) in [7, 11) is 0. The van der Waals surface area contributed by atoms with E-state index in [2.05, 4.69) is 0 Å². The predicted molar refractivity (Wildman–Crippen MR) is 71.4 cm³/mol. The summed E-state index contributed by atoms with van der Waals surface area (Å²) in [6.07, 6.45) is -6.98. The van der Waals surface area contributed by atoms with Gasteiger partial charge < -0.3 is 30.6 Å². The van der Waals surface area contributed by atoms with Gasteiger partial charge in [0, 0.05) is 0 Å². The number of aliphatic hydroxyl groups is 6. The van der Waals surface area contributed by atoms with E-state index in [1.165, 1.54) is 0 Å². The molecule has 11 heteroatoms. The van der Waals surface area contributed by atoms with Crippen molar-refractivity contribution in [3.63, 3.8) is 0 Å². The first-order chi connectivity index (χ1) is 9.76. The molecule has 126 valence electrons. The molecular formula is C10H19Cl2NO8. The van der Waals surface area contributed by atoms with Crippen LogP contribution in [0.15, 0.2) is 0 Å². The van der Waals surface area contributed by atoms with Gasteiger partial charge in [0.25, 0.3) is 5.91 Å². The van der Waals surface area contributed by atoms with E-state index in [1.807, 2.05) is 0 Å². The van der Waals surface area contributed by atoms with Crippen LogP contribution in [0, 0.1) is 0 Å². The molecule has 0 aliphatic rings. The summed E-state index contributed by atoms with van der Waals surface area (Å²) in [6, 6.07) is 0. The summed E-state index contributed by atoms with van der Waals surface area (Å²) in [6.45, 7) is -2.21. The Kier molecular flexibility index (Phi) is 10.4. The number of nitrogens with zero attached hydrogens (tertiary/aromatic N) is 1. The number of hydrogen-bond acceptors (Lipinski definition) is 8. The minimum atomic E-state index is -1.83. The van der Waals surface area contributed by atoms with Crippen LogP contribution in [0.25, 0.3) is 0 Å². The molecule has 4 atom stereocenters. The Morgan fingerprint density at radius 2 is 1.57 bits per heavy atom. The molecular weight excluding hydrogens is 333 g/mol. The van der Waals surface area contributed by atoms with Gasteiger partial charge in [-0.1, -0.05) is 23.2 Å². The Bertz CT molecular complexity index is 309. The highest BCUT2D eigenvalue weighted by Gasteiger charge is 2.31. The molecule has 6 N–H and O–H groups in total. The third-order valence-electron chi connectivity index (χ3n) is 2.46. The molecule has 0 heterocycles. The van der Waals surface area contributed by atoms with Gasteiger partial charge in [-0.05, 0) is 0 Å². The molecule has 0 bridgehead atoms. The van der Waals surface area contributed by atoms with Gasteiger partial charge in [-0.25, -0.2) is 5.06 Å². The van der Waals surface area contributed by atoms with Gasteiger partial charge in [-0.3, -0.25) is 9.63 Å². The minimum Gasteiger partial charge on any atom is -0.394 e. The van der Waals surface area contributed by atoms with E-state index < -0.39 is 55.0 Å². The first kappa shape index (κ1) is 20.8. The van der Waals surface area contributed by atoms with Crippen molar-refractivity contribution in [2.75, 3.05) is 26.4 Å². The number of hydroxylamine groups is 2. The lowest BCUT2D eigenvalue weighted by Gasteiger charge is -2.27. The lowest BCUT2D eigenvalue weighted by Crippen LogP contribution is -2.48. The van der Waals surface area contributed by atoms with Crippen LogP contribution in [-0.2, 0) is 9.63 Å². The summed E-state index contributed by atoms with van der Waals surface area (Å²) in [5, 5.41) is 55.6. The molecule has 0 saturated heterocycles. The monoisotopic (exact) mass is 351 g/mol. The number of alkyl halides is 2. The van der Waals surface area contributed by atoms with Crippen LogP contribution in [0.1, 0.15) is 0 Å². The maximum atomic E-state index is 11.5. The van der Waals surface area contributed by atoms with Crippen LogP contribution in [0.5, 0.6) is 0 Å². The van der Waals surface area contributed by atoms with E-state index in [9.17, 15) is 20.1 Å². The summed E-state index contributed by atoms with van der Waals surface area (Å²) >= 11 is 10.7. The zero-order valence-corrected chi connectivity index (χ0v) is 12.4. The second-order valence-corrected chi connectivity index (χ2v) is 5.16. The number of carbonyl (C=O) groups is 1. The maximum Gasteiger partial charge on any atom is 0.279 e. The van der Waals surface area contributed by atoms with Gasteiger partial charge in [0.1, 0.15) is 31.0 Å². The number of carbonyl (C=O) groups excluding carboxylic acids is 1. The van der Waals surface area contributed by atoms with Crippen LogP contribution in [0.3, 0.4) is 0 Å². The molecule has 0 spiro atoms. The number of amides is 1. The van der Waals surface area contributed by atoms with E-state index in [-0.39, 0.29) is 6.54 Å². The van der Waals surface area contributed by atoms with Crippen LogP contribution in [0.2, 0.25) is 0 Å². The van der Waals surface area contributed by atoms with Crippen LogP contribution in [-0.4, -0.2) is 97.2 Å². The molecule has 0 rings (SSSR count). The minimum absolute atomic E-state index is 0.278. The van der Waals surface area contributed by atoms with E-state index in [4.69, 9.17) is 43.4 Å². The predicted octanol–water partition coefficient (Wildman–Crippen LogP) is -3.02. The SMILES string of the molecule is O=C(C(Cl)Cl)N(CCO)OC[C@H](O)[C@@H](O)[C@H](O)[C@H](O)CO. The van der Waals surface area contributed by atoms with Crippen LogP contribution >= 0.6 is 23.2 Å². The fourth-order valence-corrected chi connectivity index (χ4v) is 1.48. The molecule has 0 fully saturated rings. The Morgan fingerprint density at radius 1 is 1.05 bits per heavy atom. The molecule has 0 unspecified atom stereocenters. The lowest BCUT2D eigenvalue weighted by molar-refractivity contribution is -0.208. The number of hydrogen-bond donors (Lipinski definition) is 6. The molecule has 0 radical (unpaired) electrons. The average molecular weight is 352 g/mol. The number of halogens is 2. The van der Waals surface area contributed by atoms with Gasteiger partial charge in [0.05, 0.1) is 19.8 Å². The third-order valence-corrected chi connectivity index (χ3v) is 2.84. The molecule has 0 aromatic heterocycles. The topological polar surface area (TPSA) is 151 Å². The van der Waals surface area contributed by atoms with Crippen LogP contribution < -0.4 is 0 Å². The smallest absolute Gasteiger partial charge is 0.279 e. The van der Waals surface area contributed by atoms with E-state index in [0.29, 0.717) is 5.06 Å². The third kappa shape index (κ3) is 7.04.